The molecule has 2 N–H and O–H groups in total. The minimum atomic E-state index is -0.156. The summed E-state index contributed by atoms with van der Waals surface area (Å²) in [4.78, 5) is 16.9. The number of aromatic nitrogens is 3. The van der Waals surface area contributed by atoms with E-state index in [4.69, 9.17) is 9.47 Å². The Kier molecular flexibility index (Phi) is 7.43. The molecule has 0 aliphatic rings. The zero-order valence-corrected chi connectivity index (χ0v) is 20.6. The lowest BCUT2D eigenvalue weighted by molar-refractivity contribution is -0.113. The fraction of sp³-hybridized carbons (Fsp3) is 0.182. The first kappa shape index (κ1) is 23.0. The summed E-state index contributed by atoms with van der Waals surface area (Å²) in [5, 5.41) is 17.5. The summed E-state index contributed by atoms with van der Waals surface area (Å²) in [6.07, 6.45) is 0. The Balaban J connectivity index is 1.32. The van der Waals surface area contributed by atoms with Crippen LogP contribution in [-0.4, -0.2) is 41.1 Å². The van der Waals surface area contributed by atoms with Crippen LogP contribution in [0.2, 0.25) is 0 Å². The number of nitrogens with zero attached hydrogens (tertiary/aromatic N) is 3. The van der Waals surface area contributed by atoms with Gasteiger partial charge in [0.1, 0.15) is 0 Å². The number of hydrogen-bond acceptors (Lipinski definition) is 10. The zero-order chi connectivity index (χ0) is 23.2. The van der Waals surface area contributed by atoms with E-state index < -0.39 is 0 Å². The van der Waals surface area contributed by atoms with Gasteiger partial charge in [-0.1, -0.05) is 41.3 Å². The van der Waals surface area contributed by atoms with Crippen molar-refractivity contribution in [1.29, 1.82) is 0 Å². The molecule has 0 saturated carbocycles. The molecule has 1 amide bonds. The molecular weight excluding hydrogens is 478 g/mol. The van der Waals surface area contributed by atoms with Gasteiger partial charge in [-0.2, -0.15) is 0 Å². The molecule has 0 radical (unpaired) electrons. The largest absolute Gasteiger partial charge is 0.493 e. The van der Waals surface area contributed by atoms with Crippen molar-refractivity contribution in [1.82, 2.24) is 15.2 Å². The Labute approximate surface area is 203 Å². The highest BCUT2D eigenvalue weighted by molar-refractivity contribution is 8.01. The molecule has 170 valence electrons. The van der Waals surface area contributed by atoms with E-state index in [1.807, 2.05) is 54.8 Å². The van der Waals surface area contributed by atoms with E-state index in [0.29, 0.717) is 26.1 Å². The van der Waals surface area contributed by atoms with Gasteiger partial charge < -0.3 is 20.1 Å². The molecule has 33 heavy (non-hydrogen) atoms. The number of carbonyl (C=O) groups is 1. The van der Waals surface area contributed by atoms with Crippen molar-refractivity contribution in [3.8, 4) is 22.8 Å². The number of para-hydroxylation sites is 1. The first-order valence-corrected chi connectivity index (χ1v) is 12.5. The van der Waals surface area contributed by atoms with Crippen LogP contribution >= 0.6 is 34.4 Å². The summed E-state index contributed by atoms with van der Waals surface area (Å²) < 4.78 is 11.3. The third-order valence-corrected chi connectivity index (χ3v) is 7.28. The molecule has 0 aliphatic heterocycles. The summed E-state index contributed by atoms with van der Waals surface area (Å²) in [5.74, 6) is 1.33. The van der Waals surface area contributed by atoms with Gasteiger partial charge in [0, 0.05) is 16.6 Å². The second-order valence-corrected chi connectivity index (χ2v) is 9.82. The number of rotatable bonds is 9. The van der Waals surface area contributed by atoms with Crippen LogP contribution < -0.4 is 20.1 Å². The number of carbonyl (C=O) groups excluding carboxylic acids is 1. The van der Waals surface area contributed by atoms with E-state index in [1.165, 1.54) is 34.4 Å². The maximum atomic E-state index is 12.4. The van der Waals surface area contributed by atoms with Gasteiger partial charge in [-0.15, -0.1) is 21.5 Å². The van der Waals surface area contributed by atoms with Gasteiger partial charge >= 0.3 is 0 Å². The second-order valence-electron chi connectivity index (χ2n) is 6.76. The SMILES string of the molecule is COc1ccc(-c2csc(NC(=O)CSc3nnc(Nc4ccccc4C)s3)n2)cc1OC. The van der Waals surface area contributed by atoms with Crippen LogP contribution in [0.3, 0.4) is 0 Å². The lowest BCUT2D eigenvalue weighted by atomic mass is 10.1. The van der Waals surface area contributed by atoms with Crippen molar-refractivity contribution in [2.75, 3.05) is 30.6 Å². The highest BCUT2D eigenvalue weighted by Crippen LogP contribution is 2.34. The smallest absolute Gasteiger partial charge is 0.236 e. The molecular formula is C22H21N5O3S3. The first-order chi connectivity index (χ1) is 16.1. The Hall–Kier alpha value is -3.15. The molecule has 2 heterocycles. The van der Waals surface area contributed by atoms with E-state index in [9.17, 15) is 4.79 Å². The number of methoxy groups -OCH3 is 2. The molecule has 0 unspecified atom stereocenters. The third kappa shape index (κ3) is 5.81. The molecule has 8 nitrogen and oxygen atoms in total. The molecule has 4 rings (SSSR count). The predicted molar refractivity (Wildman–Crippen MR) is 134 cm³/mol. The topological polar surface area (TPSA) is 98.3 Å². The number of anilines is 3. The Morgan fingerprint density at radius 2 is 1.88 bits per heavy atom. The van der Waals surface area contributed by atoms with E-state index in [0.717, 1.165) is 22.5 Å². The zero-order valence-electron chi connectivity index (χ0n) is 18.1. The minimum absolute atomic E-state index is 0.156. The highest BCUT2D eigenvalue weighted by atomic mass is 32.2. The first-order valence-electron chi connectivity index (χ1n) is 9.82. The van der Waals surface area contributed by atoms with Crippen molar-refractivity contribution in [3.63, 3.8) is 0 Å². The molecule has 0 spiro atoms. The number of ether oxygens (including phenoxy) is 2. The van der Waals surface area contributed by atoms with Gasteiger partial charge in [-0.05, 0) is 36.8 Å². The molecule has 0 saturated heterocycles. The van der Waals surface area contributed by atoms with Crippen LogP contribution in [0.1, 0.15) is 5.56 Å². The average Bonchev–Trinajstić information content (AvgIpc) is 3.48. The molecule has 0 aliphatic carbocycles. The van der Waals surface area contributed by atoms with Gasteiger partial charge in [0.15, 0.2) is 21.0 Å². The number of aryl methyl sites for hydroxylation is 1. The number of hydrogen-bond donors (Lipinski definition) is 2. The van der Waals surface area contributed by atoms with Gasteiger partial charge in [-0.3, -0.25) is 4.79 Å². The second kappa shape index (κ2) is 10.6. The normalized spacial score (nSPS) is 10.6. The number of thioether (sulfide) groups is 1. The van der Waals surface area contributed by atoms with Gasteiger partial charge in [-0.25, -0.2) is 4.98 Å². The van der Waals surface area contributed by atoms with Crippen LogP contribution in [0.25, 0.3) is 11.3 Å². The molecule has 0 atom stereocenters. The summed E-state index contributed by atoms with van der Waals surface area (Å²) in [7, 11) is 3.18. The molecule has 2 aromatic carbocycles. The number of benzene rings is 2. The molecule has 2 aromatic heterocycles. The van der Waals surface area contributed by atoms with Crippen LogP contribution in [-0.2, 0) is 4.79 Å². The fourth-order valence-electron chi connectivity index (χ4n) is 2.89. The maximum absolute atomic E-state index is 12.4. The lowest BCUT2D eigenvalue weighted by Gasteiger charge is -2.08. The molecule has 11 heteroatoms. The minimum Gasteiger partial charge on any atom is -0.493 e. The molecule has 4 aromatic rings. The van der Waals surface area contributed by atoms with Crippen molar-refractivity contribution >= 4 is 56.3 Å². The van der Waals surface area contributed by atoms with Crippen LogP contribution in [0, 0.1) is 6.92 Å². The fourth-order valence-corrected chi connectivity index (χ4v) is 5.19. The van der Waals surface area contributed by atoms with Crippen LogP contribution in [0.15, 0.2) is 52.2 Å². The Morgan fingerprint density at radius 1 is 1.06 bits per heavy atom. The average molecular weight is 500 g/mol. The quantitative estimate of drug-likeness (QED) is 0.293. The van der Waals surface area contributed by atoms with Gasteiger partial charge in [0.05, 0.1) is 25.7 Å². The standard InChI is InChI=1S/C22H21N5O3S3/c1-13-6-4-5-7-15(13)23-21-26-27-22(33-21)32-12-19(28)25-20-24-16(11-31-20)14-8-9-17(29-2)18(10-14)30-3/h4-11H,12H2,1-3H3,(H,23,26)(H,24,25,28). The van der Waals surface area contributed by atoms with Crippen molar-refractivity contribution in [2.45, 2.75) is 11.3 Å². The summed E-state index contributed by atoms with van der Waals surface area (Å²) in [5.41, 5.74) is 3.73. The van der Waals surface area contributed by atoms with Crippen molar-refractivity contribution in [3.05, 3.63) is 53.4 Å². The number of amides is 1. The van der Waals surface area contributed by atoms with Crippen LogP contribution in [0.4, 0.5) is 16.0 Å². The lowest BCUT2D eigenvalue weighted by Crippen LogP contribution is -2.13. The maximum Gasteiger partial charge on any atom is 0.236 e. The van der Waals surface area contributed by atoms with E-state index >= 15 is 0 Å². The van der Waals surface area contributed by atoms with Crippen LogP contribution in [0.5, 0.6) is 11.5 Å². The van der Waals surface area contributed by atoms with E-state index in [2.05, 4.69) is 25.8 Å². The Morgan fingerprint density at radius 3 is 2.67 bits per heavy atom. The van der Waals surface area contributed by atoms with Gasteiger partial charge in [0.2, 0.25) is 11.0 Å². The molecule has 0 fully saturated rings. The van der Waals surface area contributed by atoms with E-state index in [-0.39, 0.29) is 11.7 Å². The highest BCUT2D eigenvalue weighted by Gasteiger charge is 2.13. The number of thiazole rings is 1. The van der Waals surface area contributed by atoms with E-state index in [1.54, 1.807) is 14.2 Å². The third-order valence-electron chi connectivity index (χ3n) is 4.55. The van der Waals surface area contributed by atoms with Crippen molar-refractivity contribution < 1.29 is 14.3 Å². The number of nitrogens with one attached hydrogen (secondary N) is 2. The summed E-state index contributed by atoms with van der Waals surface area (Å²) in [6, 6.07) is 13.5. The van der Waals surface area contributed by atoms with Crippen molar-refractivity contribution in [2.24, 2.45) is 0 Å². The summed E-state index contributed by atoms with van der Waals surface area (Å²) >= 11 is 4.11. The summed E-state index contributed by atoms with van der Waals surface area (Å²) in [6.45, 7) is 2.03. The molecule has 0 bridgehead atoms. The predicted octanol–water partition coefficient (Wildman–Crippen LogP) is 5.46. The Bertz CT molecular complexity index is 1260. The van der Waals surface area contributed by atoms with Gasteiger partial charge in [0.25, 0.3) is 0 Å². The monoisotopic (exact) mass is 499 g/mol.